The van der Waals surface area contributed by atoms with Crippen molar-refractivity contribution < 1.29 is 0 Å². The first-order valence-corrected chi connectivity index (χ1v) is 8.15. The maximum atomic E-state index is 5.56. The molecule has 0 bridgehead atoms. The van der Waals surface area contributed by atoms with Crippen molar-refractivity contribution in [3.63, 3.8) is 0 Å². The average Bonchev–Trinajstić information content (AvgIpc) is 2.94. The molecule has 4 nitrogen and oxygen atoms in total. The van der Waals surface area contributed by atoms with Crippen LogP contribution in [0.2, 0.25) is 0 Å². The summed E-state index contributed by atoms with van der Waals surface area (Å²) in [7, 11) is 0. The first kappa shape index (κ1) is 14.5. The number of hydrogen-bond donors (Lipinski definition) is 2. The van der Waals surface area contributed by atoms with Crippen molar-refractivity contribution in [1.29, 1.82) is 0 Å². The van der Waals surface area contributed by atoms with Gasteiger partial charge in [-0.25, -0.2) is 10.0 Å². The van der Waals surface area contributed by atoms with E-state index in [1.165, 1.54) is 6.42 Å². The Bertz CT molecular complexity index is 562. The second kappa shape index (κ2) is 5.42. The summed E-state index contributed by atoms with van der Waals surface area (Å²) in [6.07, 6.45) is 3.47. The Hall–Kier alpha value is -1.40. The average molecular weight is 320 g/mol. The second-order valence-electron chi connectivity index (χ2n) is 5.80. The van der Waals surface area contributed by atoms with E-state index in [4.69, 9.17) is 24.4 Å². The molecular weight excluding hydrogens is 300 g/mol. The van der Waals surface area contributed by atoms with Gasteiger partial charge in [0.1, 0.15) is 6.17 Å². The number of anilines is 1. The quantitative estimate of drug-likeness (QED) is 0.830. The molecule has 0 saturated carbocycles. The summed E-state index contributed by atoms with van der Waals surface area (Å²) in [5, 5.41) is 12.4. The van der Waals surface area contributed by atoms with Gasteiger partial charge in [0.25, 0.3) is 0 Å². The van der Waals surface area contributed by atoms with Gasteiger partial charge >= 0.3 is 0 Å². The third-order valence-electron chi connectivity index (χ3n) is 4.17. The Morgan fingerprint density at radius 2 is 1.90 bits per heavy atom. The number of unbranched alkanes of at least 4 members (excludes halogenated alkanes) is 1. The number of hydrazine groups is 1. The summed E-state index contributed by atoms with van der Waals surface area (Å²) in [6, 6.07) is 10.1. The van der Waals surface area contributed by atoms with Gasteiger partial charge in [-0.2, -0.15) is 0 Å². The van der Waals surface area contributed by atoms with E-state index in [0.29, 0.717) is 5.11 Å². The lowest BCUT2D eigenvalue weighted by atomic mass is 9.93. The first-order chi connectivity index (χ1) is 10.1. The van der Waals surface area contributed by atoms with Crippen LogP contribution < -0.4 is 15.6 Å². The van der Waals surface area contributed by atoms with Crippen molar-refractivity contribution in [2.75, 3.05) is 5.01 Å². The lowest BCUT2D eigenvalue weighted by Crippen LogP contribution is -2.52. The second-order valence-corrected chi connectivity index (χ2v) is 6.57. The zero-order valence-electron chi connectivity index (χ0n) is 12.3. The standard InChI is InChI=1S/C15H20N4S2/c1-3-4-10-15(2)12-16-13(20)18(19(12)14(21)17-15)11-8-6-5-7-9-11/h5-9,12H,3-4,10H2,1-2H3,(H,16,20)(H,17,21). The highest BCUT2D eigenvalue weighted by Gasteiger charge is 2.53. The Morgan fingerprint density at radius 3 is 2.57 bits per heavy atom. The van der Waals surface area contributed by atoms with Gasteiger partial charge < -0.3 is 10.6 Å². The SMILES string of the molecule is CCCCC1(C)NC(=S)N2C1NC(=S)N2c1ccccc1. The molecule has 2 aliphatic rings. The van der Waals surface area contributed by atoms with Crippen molar-refractivity contribution in [3.8, 4) is 0 Å². The molecule has 112 valence electrons. The Balaban J connectivity index is 1.91. The summed E-state index contributed by atoms with van der Waals surface area (Å²) >= 11 is 11.1. The predicted molar refractivity (Wildman–Crippen MR) is 93.9 cm³/mol. The van der Waals surface area contributed by atoms with Gasteiger partial charge in [-0.1, -0.05) is 38.0 Å². The van der Waals surface area contributed by atoms with E-state index in [1.54, 1.807) is 0 Å². The van der Waals surface area contributed by atoms with Crippen LogP contribution in [0, 0.1) is 0 Å². The molecule has 2 unspecified atom stereocenters. The van der Waals surface area contributed by atoms with E-state index >= 15 is 0 Å². The topological polar surface area (TPSA) is 30.5 Å². The smallest absolute Gasteiger partial charge is 0.194 e. The molecule has 3 rings (SSSR count). The minimum atomic E-state index is -0.0965. The molecule has 0 spiro atoms. The fraction of sp³-hybridized carbons (Fsp3) is 0.467. The fourth-order valence-corrected chi connectivity index (χ4v) is 3.74. The van der Waals surface area contributed by atoms with E-state index in [-0.39, 0.29) is 11.7 Å². The highest BCUT2D eigenvalue weighted by molar-refractivity contribution is 7.81. The number of nitrogens with zero attached hydrogens (tertiary/aromatic N) is 2. The normalized spacial score (nSPS) is 27.6. The van der Waals surface area contributed by atoms with Crippen LogP contribution in [-0.4, -0.2) is 26.9 Å². The monoisotopic (exact) mass is 320 g/mol. The van der Waals surface area contributed by atoms with Crippen LogP contribution in [0.1, 0.15) is 33.1 Å². The minimum absolute atomic E-state index is 0.0734. The van der Waals surface area contributed by atoms with E-state index in [9.17, 15) is 0 Å². The molecule has 2 atom stereocenters. The van der Waals surface area contributed by atoms with Crippen LogP contribution in [0.5, 0.6) is 0 Å². The maximum Gasteiger partial charge on any atom is 0.194 e. The molecule has 2 aliphatic heterocycles. The molecule has 0 radical (unpaired) electrons. The van der Waals surface area contributed by atoms with Gasteiger partial charge in [-0.05, 0) is 49.9 Å². The molecule has 1 aromatic carbocycles. The van der Waals surface area contributed by atoms with Gasteiger partial charge in [-0.3, -0.25) is 0 Å². The molecule has 2 heterocycles. The molecule has 21 heavy (non-hydrogen) atoms. The molecule has 0 aliphatic carbocycles. The van der Waals surface area contributed by atoms with E-state index in [0.717, 1.165) is 23.6 Å². The Morgan fingerprint density at radius 1 is 1.19 bits per heavy atom. The molecule has 2 saturated heterocycles. The Kier molecular flexibility index (Phi) is 3.75. The third-order valence-corrected chi connectivity index (χ3v) is 4.75. The van der Waals surface area contributed by atoms with Gasteiger partial charge in [0.15, 0.2) is 10.2 Å². The van der Waals surface area contributed by atoms with Gasteiger partial charge in [0, 0.05) is 0 Å². The lowest BCUT2D eigenvalue weighted by Gasteiger charge is -2.30. The van der Waals surface area contributed by atoms with Gasteiger partial charge in [0.05, 0.1) is 11.2 Å². The summed E-state index contributed by atoms with van der Waals surface area (Å²) in [6.45, 7) is 4.42. The fourth-order valence-electron chi connectivity index (χ4n) is 3.01. The number of hydrogen-bond acceptors (Lipinski definition) is 2. The van der Waals surface area contributed by atoms with Crippen LogP contribution in [0.25, 0.3) is 0 Å². The summed E-state index contributed by atoms with van der Waals surface area (Å²) in [5.74, 6) is 0. The van der Waals surface area contributed by atoms with Crippen LogP contribution in [0.15, 0.2) is 30.3 Å². The molecule has 0 amide bonds. The minimum Gasteiger partial charge on any atom is -0.352 e. The number of thiocarbonyl (C=S) groups is 2. The Labute approximate surface area is 136 Å². The number of para-hydroxylation sites is 1. The predicted octanol–water partition coefficient (Wildman–Crippen LogP) is 2.76. The van der Waals surface area contributed by atoms with E-state index in [1.807, 2.05) is 35.3 Å². The third kappa shape index (κ3) is 2.36. The molecule has 6 heteroatoms. The van der Waals surface area contributed by atoms with Crippen molar-refractivity contribution in [2.24, 2.45) is 0 Å². The number of rotatable bonds is 4. The van der Waals surface area contributed by atoms with E-state index < -0.39 is 0 Å². The highest BCUT2D eigenvalue weighted by atomic mass is 32.1. The molecule has 0 aromatic heterocycles. The number of benzene rings is 1. The van der Waals surface area contributed by atoms with Crippen LogP contribution >= 0.6 is 24.4 Å². The highest BCUT2D eigenvalue weighted by Crippen LogP contribution is 2.34. The van der Waals surface area contributed by atoms with Crippen molar-refractivity contribution in [2.45, 2.75) is 44.8 Å². The summed E-state index contributed by atoms with van der Waals surface area (Å²) in [5.41, 5.74) is 0.933. The molecular formula is C15H20N4S2. The number of nitrogens with one attached hydrogen (secondary N) is 2. The van der Waals surface area contributed by atoms with Crippen molar-refractivity contribution in [3.05, 3.63) is 30.3 Å². The molecule has 2 fully saturated rings. The zero-order valence-corrected chi connectivity index (χ0v) is 13.9. The summed E-state index contributed by atoms with van der Waals surface area (Å²) in [4.78, 5) is 0. The largest absolute Gasteiger partial charge is 0.352 e. The maximum absolute atomic E-state index is 5.56. The molecule has 1 aromatic rings. The lowest BCUT2D eigenvalue weighted by molar-refractivity contribution is 0.243. The van der Waals surface area contributed by atoms with Crippen molar-refractivity contribution in [1.82, 2.24) is 15.6 Å². The van der Waals surface area contributed by atoms with E-state index in [2.05, 4.69) is 29.5 Å². The van der Waals surface area contributed by atoms with Crippen LogP contribution in [0.3, 0.4) is 0 Å². The first-order valence-electron chi connectivity index (χ1n) is 7.34. The zero-order chi connectivity index (χ0) is 15.0. The molecule has 2 N–H and O–H groups in total. The van der Waals surface area contributed by atoms with Crippen LogP contribution in [0.4, 0.5) is 5.69 Å². The van der Waals surface area contributed by atoms with Gasteiger partial charge in [0.2, 0.25) is 0 Å². The van der Waals surface area contributed by atoms with Crippen molar-refractivity contribution >= 4 is 40.3 Å². The number of fused-ring (bicyclic) bond motifs is 1. The summed E-state index contributed by atoms with van der Waals surface area (Å²) < 4.78 is 0. The van der Waals surface area contributed by atoms with Crippen LogP contribution in [-0.2, 0) is 0 Å². The van der Waals surface area contributed by atoms with Gasteiger partial charge in [-0.15, -0.1) is 0 Å².